The summed E-state index contributed by atoms with van der Waals surface area (Å²) < 4.78 is 7.86. The van der Waals surface area contributed by atoms with E-state index in [4.69, 9.17) is 4.74 Å². The Morgan fingerprint density at radius 3 is 2.58 bits per heavy atom. The predicted octanol–water partition coefficient (Wildman–Crippen LogP) is 3.09. The third kappa shape index (κ3) is 1.96. The van der Waals surface area contributed by atoms with Gasteiger partial charge in [0.2, 0.25) is 0 Å². The number of H-pyrrole nitrogens is 1. The Morgan fingerprint density at radius 1 is 1.16 bits per heavy atom. The number of fused-ring (bicyclic) bond motifs is 1. The molecule has 0 spiro atoms. The van der Waals surface area contributed by atoms with Crippen molar-refractivity contribution in [3.8, 4) is 11.4 Å². The first-order valence-corrected chi connectivity index (χ1v) is 6.53. The maximum absolute atomic E-state index is 12.1. The summed E-state index contributed by atoms with van der Waals surface area (Å²) in [6, 6.07) is 13.2. The number of hydrogen-bond donors (Lipinski definition) is 1. The van der Waals surface area contributed by atoms with E-state index in [0.29, 0.717) is 11.3 Å². The predicted molar refractivity (Wildman–Crippen MR) is 78.1 cm³/mol. The molecule has 5 heteroatoms. The molecule has 0 fully saturated rings. The molecule has 1 aromatic heterocycles. The number of methoxy groups -OCH3 is 1. The molecule has 0 aliphatic carbocycles. The minimum Gasteiger partial charge on any atom is -0.494 e. The van der Waals surface area contributed by atoms with E-state index in [1.54, 1.807) is 11.7 Å². The highest BCUT2D eigenvalue weighted by Crippen LogP contribution is 2.24. The zero-order valence-electron chi connectivity index (χ0n) is 10.2. The Labute approximate surface area is 117 Å². The maximum Gasteiger partial charge on any atom is 0.331 e. The molecule has 0 bridgehead atoms. The molecule has 0 atom stereocenters. The summed E-state index contributed by atoms with van der Waals surface area (Å²) in [6.07, 6.45) is 0. The molecule has 1 heterocycles. The van der Waals surface area contributed by atoms with Gasteiger partial charge in [-0.05, 0) is 36.4 Å². The molecular formula is C14H11BrN2O2. The fourth-order valence-electron chi connectivity index (χ4n) is 2.12. The molecule has 3 aromatic rings. The van der Waals surface area contributed by atoms with Crippen molar-refractivity contribution in [2.45, 2.75) is 0 Å². The van der Waals surface area contributed by atoms with Crippen LogP contribution in [0.3, 0.4) is 0 Å². The topological polar surface area (TPSA) is 47.0 Å². The zero-order valence-corrected chi connectivity index (χ0v) is 11.8. The minimum absolute atomic E-state index is 0.179. The Kier molecular flexibility index (Phi) is 2.91. The average molecular weight is 319 g/mol. The fourth-order valence-corrected chi connectivity index (χ4v) is 2.38. The van der Waals surface area contributed by atoms with Gasteiger partial charge in [0.15, 0.2) is 0 Å². The van der Waals surface area contributed by atoms with Crippen LogP contribution in [0.1, 0.15) is 0 Å². The van der Waals surface area contributed by atoms with Gasteiger partial charge in [0.25, 0.3) is 0 Å². The van der Waals surface area contributed by atoms with Crippen molar-refractivity contribution in [2.24, 2.45) is 0 Å². The standard InChI is InChI=1S/C14H11BrN2O2/c1-19-12-4-2-3-11-13(12)16-14(18)17(11)10-7-5-9(15)6-8-10/h2-8H,1H3,(H,16,18). The van der Waals surface area contributed by atoms with Gasteiger partial charge in [0.05, 0.1) is 18.3 Å². The van der Waals surface area contributed by atoms with Crippen molar-refractivity contribution in [1.82, 2.24) is 9.55 Å². The molecule has 0 saturated heterocycles. The summed E-state index contributed by atoms with van der Waals surface area (Å²) in [6.45, 7) is 0. The van der Waals surface area contributed by atoms with Gasteiger partial charge in [-0.1, -0.05) is 22.0 Å². The first kappa shape index (κ1) is 12.0. The van der Waals surface area contributed by atoms with Gasteiger partial charge in [0.1, 0.15) is 11.3 Å². The number of hydrogen-bond acceptors (Lipinski definition) is 2. The molecule has 96 valence electrons. The lowest BCUT2D eigenvalue weighted by Gasteiger charge is -2.04. The van der Waals surface area contributed by atoms with Crippen LogP contribution in [0.5, 0.6) is 5.75 Å². The SMILES string of the molecule is COc1cccc2c1[nH]c(=O)n2-c1ccc(Br)cc1. The lowest BCUT2D eigenvalue weighted by Crippen LogP contribution is -2.14. The quantitative estimate of drug-likeness (QED) is 0.789. The molecule has 2 aromatic carbocycles. The lowest BCUT2D eigenvalue weighted by molar-refractivity contribution is 0.419. The molecule has 0 aliphatic heterocycles. The van der Waals surface area contributed by atoms with Crippen LogP contribution in [-0.4, -0.2) is 16.7 Å². The number of imidazole rings is 1. The lowest BCUT2D eigenvalue weighted by atomic mass is 10.2. The van der Waals surface area contributed by atoms with Gasteiger partial charge in [0, 0.05) is 4.47 Å². The summed E-state index contributed by atoms with van der Waals surface area (Å²) >= 11 is 3.38. The molecular weight excluding hydrogens is 308 g/mol. The van der Waals surface area contributed by atoms with Crippen molar-refractivity contribution in [2.75, 3.05) is 7.11 Å². The number of ether oxygens (including phenoxy) is 1. The largest absolute Gasteiger partial charge is 0.494 e. The second-order valence-corrected chi connectivity index (χ2v) is 5.01. The Morgan fingerprint density at radius 2 is 1.89 bits per heavy atom. The minimum atomic E-state index is -0.179. The first-order valence-electron chi connectivity index (χ1n) is 5.74. The van der Waals surface area contributed by atoms with Crippen LogP contribution in [0.2, 0.25) is 0 Å². The van der Waals surface area contributed by atoms with Crippen molar-refractivity contribution in [3.05, 3.63) is 57.4 Å². The number of halogens is 1. The van der Waals surface area contributed by atoms with Crippen LogP contribution in [0.4, 0.5) is 0 Å². The van der Waals surface area contributed by atoms with Crippen molar-refractivity contribution in [3.63, 3.8) is 0 Å². The Balaban J connectivity index is 2.32. The fraction of sp³-hybridized carbons (Fsp3) is 0.0714. The summed E-state index contributed by atoms with van der Waals surface area (Å²) in [5.41, 5.74) is 2.14. The average Bonchev–Trinajstić information content (AvgIpc) is 2.76. The highest BCUT2D eigenvalue weighted by atomic mass is 79.9. The monoisotopic (exact) mass is 318 g/mol. The number of nitrogens with zero attached hydrogens (tertiary/aromatic N) is 1. The zero-order chi connectivity index (χ0) is 13.4. The highest BCUT2D eigenvalue weighted by Gasteiger charge is 2.11. The third-order valence-electron chi connectivity index (χ3n) is 2.98. The molecule has 3 rings (SSSR count). The number of para-hydroxylation sites is 1. The summed E-state index contributed by atoms with van der Waals surface area (Å²) in [7, 11) is 1.59. The summed E-state index contributed by atoms with van der Waals surface area (Å²) in [5.74, 6) is 0.658. The second kappa shape index (κ2) is 4.59. The number of aromatic amines is 1. The third-order valence-corrected chi connectivity index (χ3v) is 3.51. The van der Waals surface area contributed by atoms with Crippen LogP contribution in [0.25, 0.3) is 16.7 Å². The molecule has 0 unspecified atom stereocenters. The number of nitrogens with one attached hydrogen (secondary N) is 1. The van der Waals surface area contributed by atoms with Crippen molar-refractivity contribution < 1.29 is 4.74 Å². The van der Waals surface area contributed by atoms with Crippen molar-refractivity contribution >= 4 is 27.0 Å². The van der Waals surface area contributed by atoms with E-state index >= 15 is 0 Å². The summed E-state index contributed by atoms with van der Waals surface area (Å²) in [5, 5.41) is 0. The normalized spacial score (nSPS) is 10.8. The van der Waals surface area contributed by atoms with E-state index in [0.717, 1.165) is 15.7 Å². The van der Waals surface area contributed by atoms with E-state index in [9.17, 15) is 4.79 Å². The Hall–Kier alpha value is -2.01. The second-order valence-electron chi connectivity index (χ2n) is 4.10. The van der Waals surface area contributed by atoms with Gasteiger partial charge in [-0.3, -0.25) is 4.57 Å². The van der Waals surface area contributed by atoms with Gasteiger partial charge in [-0.25, -0.2) is 4.79 Å². The van der Waals surface area contributed by atoms with Crippen LogP contribution in [0.15, 0.2) is 51.7 Å². The highest BCUT2D eigenvalue weighted by molar-refractivity contribution is 9.10. The van der Waals surface area contributed by atoms with Crippen molar-refractivity contribution in [1.29, 1.82) is 0 Å². The number of benzene rings is 2. The molecule has 19 heavy (non-hydrogen) atoms. The Bertz CT molecular complexity index is 787. The van der Waals surface area contributed by atoms with E-state index in [1.807, 2.05) is 42.5 Å². The maximum atomic E-state index is 12.1. The molecule has 0 amide bonds. The van der Waals surface area contributed by atoms with Crippen LogP contribution >= 0.6 is 15.9 Å². The molecule has 0 radical (unpaired) electrons. The van der Waals surface area contributed by atoms with Crippen LogP contribution in [0, 0.1) is 0 Å². The smallest absolute Gasteiger partial charge is 0.331 e. The van der Waals surface area contributed by atoms with E-state index in [-0.39, 0.29) is 5.69 Å². The molecule has 0 saturated carbocycles. The molecule has 1 N–H and O–H groups in total. The summed E-state index contributed by atoms with van der Waals surface area (Å²) in [4.78, 5) is 15.0. The molecule has 4 nitrogen and oxygen atoms in total. The van der Waals surface area contributed by atoms with E-state index in [2.05, 4.69) is 20.9 Å². The number of rotatable bonds is 2. The van der Waals surface area contributed by atoms with Gasteiger partial charge in [-0.15, -0.1) is 0 Å². The van der Waals surface area contributed by atoms with Crippen LogP contribution < -0.4 is 10.4 Å². The van der Waals surface area contributed by atoms with E-state index in [1.165, 1.54) is 0 Å². The molecule has 0 aliphatic rings. The first-order chi connectivity index (χ1) is 9.20. The van der Waals surface area contributed by atoms with Gasteiger partial charge in [-0.2, -0.15) is 0 Å². The van der Waals surface area contributed by atoms with E-state index < -0.39 is 0 Å². The van der Waals surface area contributed by atoms with Gasteiger partial charge >= 0.3 is 5.69 Å². The van der Waals surface area contributed by atoms with Crippen LogP contribution in [-0.2, 0) is 0 Å². The van der Waals surface area contributed by atoms with Gasteiger partial charge < -0.3 is 9.72 Å². The number of aromatic nitrogens is 2.